The van der Waals surface area contributed by atoms with E-state index in [1.165, 1.54) is 4.90 Å². The molecule has 0 aromatic heterocycles. The Hall–Kier alpha value is -2.29. The van der Waals surface area contributed by atoms with Crippen LogP contribution in [0.3, 0.4) is 0 Å². The number of rotatable bonds is 10. The summed E-state index contributed by atoms with van der Waals surface area (Å²) in [4.78, 5) is 27.8. The first kappa shape index (κ1) is 28.0. The zero-order chi connectivity index (χ0) is 25.6. The average molecular weight is 529 g/mol. The van der Waals surface area contributed by atoms with Crippen LogP contribution < -0.4 is 9.62 Å². The minimum atomic E-state index is -3.82. The van der Waals surface area contributed by atoms with Gasteiger partial charge in [0.2, 0.25) is 21.8 Å². The molecular weight excluding hydrogens is 497 g/mol. The fourth-order valence-corrected chi connectivity index (χ4v) is 4.49. The van der Waals surface area contributed by atoms with E-state index < -0.39 is 28.5 Å². The Morgan fingerprint density at radius 1 is 1.06 bits per heavy atom. The maximum Gasteiger partial charge on any atom is 0.244 e. The van der Waals surface area contributed by atoms with E-state index in [1.54, 1.807) is 56.3 Å². The van der Waals surface area contributed by atoms with Crippen molar-refractivity contribution in [2.75, 3.05) is 17.1 Å². The van der Waals surface area contributed by atoms with Gasteiger partial charge in [0, 0.05) is 22.6 Å². The van der Waals surface area contributed by atoms with Crippen molar-refractivity contribution in [1.29, 1.82) is 0 Å². The molecule has 0 heterocycles. The summed E-state index contributed by atoms with van der Waals surface area (Å²) in [6.45, 7) is 6.77. The summed E-state index contributed by atoms with van der Waals surface area (Å²) in [6.07, 6.45) is 1.77. The van der Waals surface area contributed by atoms with Gasteiger partial charge in [0.05, 0.1) is 11.9 Å². The van der Waals surface area contributed by atoms with Crippen LogP contribution in [0.5, 0.6) is 0 Å². The van der Waals surface area contributed by atoms with E-state index in [1.807, 2.05) is 13.8 Å². The Balaban J connectivity index is 2.42. The van der Waals surface area contributed by atoms with Crippen LogP contribution in [0.2, 0.25) is 10.0 Å². The number of carbonyl (C=O) groups excluding carboxylic acids is 2. The van der Waals surface area contributed by atoms with Gasteiger partial charge < -0.3 is 10.2 Å². The Morgan fingerprint density at radius 2 is 1.68 bits per heavy atom. The summed E-state index contributed by atoms with van der Waals surface area (Å²) in [5, 5.41) is 3.82. The topological polar surface area (TPSA) is 86.8 Å². The van der Waals surface area contributed by atoms with Crippen molar-refractivity contribution in [1.82, 2.24) is 10.2 Å². The summed E-state index contributed by atoms with van der Waals surface area (Å²) in [6, 6.07) is 10.9. The average Bonchev–Trinajstić information content (AvgIpc) is 2.77. The lowest BCUT2D eigenvalue weighted by atomic mass is 10.1. The number of halogens is 2. The van der Waals surface area contributed by atoms with Gasteiger partial charge in [-0.3, -0.25) is 13.9 Å². The molecule has 7 nitrogen and oxygen atoms in total. The van der Waals surface area contributed by atoms with Crippen LogP contribution in [0.1, 0.15) is 38.3 Å². The second-order valence-corrected chi connectivity index (χ2v) is 11.0. The van der Waals surface area contributed by atoms with Crippen molar-refractivity contribution in [2.45, 2.75) is 52.7 Å². The maximum atomic E-state index is 13.5. The van der Waals surface area contributed by atoms with Crippen LogP contribution in [-0.2, 0) is 26.2 Å². The highest BCUT2D eigenvalue weighted by Crippen LogP contribution is 2.28. The quantitative estimate of drug-likeness (QED) is 0.495. The Bertz CT molecular complexity index is 1120. The van der Waals surface area contributed by atoms with Crippen LogP contribution in [-0.4, -0.2) is 50.0 Å². The fraction of sp³-hybridized carbons (Fsp3) is 0.417. The molecule has 2 aromatic carbocycles. The lowest BCUT2D eigenvalue weighted by molar-refractivity contribution is -0.139. The van der Waals surface area contributed by atoms with Crippen molar-refractivity contribution >= 4 is 50.7 Å². The summed E-state index contributed by atoms with van der Waals surface area (Å²) in [5.41, 5.74) is 1.60. The molecule has 0 aliphatic carbocycles. The van der Waals surface area contributed by atoms with Crippen molar-refractivity contribution in [2.24, 2.45) is 0 Å². The van der Waals surface area contributed by atoms with E-state index in [2.05, 4.69) is 5.32 Å². The molecule has 0 aliphatic heterocycles. The van der Waals surface area contributed by atoms with E-state index in [0.717, 1.165) is 22.5 Å². The first-order valence-electron chi connectivity index (χ1n) is 10.9. The number of sulfonamides is 1. The lowest BCUT2D eigenvalue weighted by Gasteiger charge is -2.32. The standard InChI is InChI=1S/C24H31Cl2N3O4S/c1-6-16(2)27-24(31)18(4)28(14-19-10-12-20(25)13-11-19)23(30)15-29(34(5,32)33)22-9-7-8-21(26)17(22)3/h7-13,16,18H,6,14-15H2,1-5H3,(H,27,31)/t16-,18-/m1/s1. The van der Waals surface area contributed by atoms with Crippen LogP contribution >= 0.6 is 23.2 Å². The van der Waals surface area contributed by atoms with Crippen molar-refractivity contribution in [3.8, 4) is 0 Å². The molecule has 34 heavy (non-hydrogen) atoms. The highest BCUT2D eigenvalue weighted by molar-refractivity contribution is 7.92. The monoisotopic (exact) mass is 527 g/mol. The first-order chi connectivity index (χ1) is 15.8. The highest BCUT2D eigenvalue weighted by atomic mass is 35.5. The van der Waals surface area contributed by atoms with Gasteiger partial charge >= 0.3 is 0 Å². The van der Waals surface area contributed by atoms with E-state index in [9.17, 15) is 18.0 Å². The molecule has 2 aromatic rings. The maximum absolute atomic E-state index is 13.5. The number of carbonyl (C=O) groups is 2. The molecule has 2 amide bonds. The number of nitrogens with zero attached hydrogens (tertiary/aromatic N) is 2. The van der Waals surface area contributed by atoms with Gasteiger partial charge in [-0.1, -0.05) is 48.3 Å². The summed E-state index contributed by atoms with van der Waals surface area (Å²) < 4.78 is 26.3. The van der Waals surface area contributed by atoms with Gasteiger partial charge in [-0.2, -0.15) is 0 Å². The van der Waals surface area contributed by atoms with Crippen LogP contribution in [0.15, 0.2) is 42.5 Å². The van der Waals surface area contributed by atoms with Crippen LogP contribution in [0.25, 0.3) is 0 Å². The summed E-state index contributed by atoms with van der Waals surface area (Å²) >= 11 is 12.2. The number of anilines is 1. The molecule has 0 unspecified atom stereocenters. The molecule has 0 saturated heterocycles. The Labute approximate surface area is 212 Å². The predicted octanol–water partition coefficient (Wildman–Crippen LogP) is 4.40. The second kappa shape index (κ2) is 11.9. The van der Waals surface area contributed by atoms with Gasteiger partial charge in [-0.25, -0.2) is 8.42 Å². The highest BCUT2D eigenvalue weighted by Gasteiger charge is 2.31. The van der Waals surface area contributed by atoms with E-state index >= 15 is 0 Å². The number of benzene rings is 2. The minimum absolute atomic E-state index is 0.0657. The third-order valence-electron chi connectivity index (χ3n) is 5.62. The van der Waals surface area contributed by atoms with Gasteiger partial charge in [-0.15, -0.1) is 0 Å². The fourth-order valence-electron chi connectivity index (χ4n) is 3.30. The third-order valence-corrected chi connectivity index (χ3v) is 7.41. The van der Waals surface area contributed by atoms with Crippen LogP contribution in [0, 0.1) is 6.92 Å². The van der Waals surface area contributed by atoms with Crippen LogP contribution in [0.4, 0.5) is 5.69 Å². The van der Waals surface area contributed by atoms with Crippen molar-refractivity contribution in [3.05, 3.63) is 63.6 Å². The molecule has 0 aliphatic rings. The van der Waals surface area contributed by atoms with Gasteiger partial charge in [-0.05, 0) is 62.6 Å². The number of nitrogens with one attached hydrogen (secondary N) is 1. The number of hydrogen-bond acceptors (Lipinski definition) is 4. The molecule has 186 valence electrons. The van der Waals surface area contributed by atoms with Gasteiger partial charge in [0.1, 0.15) is 12.6 Å². The molecule has 0 fully saturated rings. The minimum Gasteiger partial charge on any atom is -0.352 e. The molecule has 0 bridgehead atoms. The normalized spacial score (nSPS) is 13.1. The largest absolute Gasteiger partial charge is 0.352 e. The Morgan fingerprint density at radius 3 is 2.24 bits per heavy atom. The first-order valence-corrected chi connectivity index (χ1v) is 13.5. The number of amides is 2. The summed E-state index contributed by atoms with van der Waals surface area (Å²) in [5.74, 6) is -0.840. The second-order valence-electron chi connectivity index (χ2n) is 8.30. The summed E-state index contributed by atoms with van der Waals surface area (Å²) in [7, 11) is -3.82. The molecule has 10 heteroatoms. The molecular formula is C24H31Cl2N3O4S. The molecule has 1 N–H and O–H groups in total. The van der Waals surface area contributed by atoms with E-state index in [-0.39, 0.29) is 18.5 Å². The molecule has 2 rings (SSSR count). The van der Waals surface area contributed by atoms with Gasteiger partial charge in [0.25, 0.3) is 0 Å². The number of hydrogen-bond donors (Lipinski definition) is 1. The zero-order valence-electron chi connectivity index (χ0n) is 20.0. The lowest BCUT2D eigenvalue weighted by Crippen LogP contribution is -2.52. The SMILES string of the molecule is CC[C@@H](C)NC(=O)[C@@H](C)N(Cc1ccc(Cl)cc1)C(=O)CN(c1cccc(Cl)c1C)S(C)(=O)=O. The predicted molar refractivity (Wildman–Crippen MR) is 138 cm³/mol. The van der Waals surface area contributed by atoms with Crippen molar-refractivity contribution in [3.63, 3.8) is 0 Å². The van der Waals surface area contributed by atoms with Gasteiger partial charge in [0.15, 0.2) is 0 Å². The molecule has 2 atom stereocenters. The van der Waals surface area contributed by atoms with E-state index in [4.69, 9.17) is 23.2 Å². The smallest absolute Gasteiger partial charge is 0.244 e. The molecule has 0 saturated carbocycles. The molecule has 0 radical (unpaired) electrons. The zero-order valence-corrected chi connectivity index (χ0v) is 22.3. The Kier molecular flexibility index (Phi) is 9.79. The van der Waals surface area contributed by atoms with Crippen molar-refractivity contribution < 1.29 is 18.0 Å². The van der Waals surface area contributed by atoms with E-state index in [0.29, 0.717) is 21.3 Å². The molecule has 0 spiro atoms. The third kappa shape index (κ3) is 7.35.